The van der Waals surface area contributed by atoms with Gasteiger partial charge in [0.05, 0.1) is 10.6 Å². The first kappa shape index (κ1) is 14.5. The third-order valence-electron chi connectivity index (χ3n) is 3.50. The molecule has 7 heteroatoms. The molecule has 7 nitrogen and oxygen atoms in total. The number of anilines is 2. The predicted molar refractivity (Wildman–Crippen MR) is 79.7 cm³/mol. The molecule has 0 spiro atoms. The summed E-state index contributed by atoms with van der Waals surface area (Å²) in [5.74, 6) is 5.32. The predicted octanol–water partition coefficient (Wildman–Crippen LogP) is 1.78. The molecule has 0 aliphatic carbocycles. The van der Waals surface area contributed by atoms with Crippen molar-refractivity contribution in [2.24, 2.45) is 5.84 Å². The van der Waals surface area contributed by atoms with Gasteiger partial charge in [0, 0.05) is 30.9 Å². The van der Waals surface area contributed by atoms with E-state index in [0.29, 0.717) is 11.4 Å². The van der Waals surface area contributed by atoms with Crippen molar-refractivity contribution in [2.75, 3.05) is 36.9 Å². The van der Waals surface area contributed by atoms with Crippen LogP contribution in [-0.2, 0) is 0 Å². The number of piperidine rings is 1. The number of benzene rings is 1. The number of nitro groups is 1. The fourth-order valence-electron chi connectivity index (χ4n) is 2.44. The smallest absolute Gasteiger partial charge is 0.273 e. The van der Waals surface area contributed by atoms with Gasteiger partial charge in [0.2, 0.25) is 0 Å². The molecule has 4 N–H and O–H groups in total. The molecule has 1 aliphatic rings. The van der Waals surface area contributed by atoms with Crippen molar-refractivity contribution in [1.29, 1.82) is 0 Å². The van der Waals surface area contributed by atoms with Crippen LogP contribution in [0.4, 0.5) is 17.1 Å². The lowest BCUT2D eigenvalue weighted by atomic mass is 10.1. The van der Waals surface area contributed by atoms with Gasteiger partial charge in [0.1, 0.15) is 0 Å². The van der Waals surface area contributed by atoms with E-state index in [4.69, 9.17) is 5.84 Å². The first-order valence-corrected chi connectivity index (χ1v) is 6.91. The number of hydrogen-bond donors (Lipinski definition) is 3. The SMILES string of the molecule is NNc1cc(NCCN2CCCCC2)cc([N+](=O)[O-])c1. The average molecular weight is 279 g/mol. The van der Waals surface area contributed by atoms with E-state index in [2.05, 4.69) is 15.6 Å². The second-order valence-corrected chi connectivity index (χ2v) is 5.00. The summed E-state index contributed by atoms with van der Waals surface area (Å²) in [7, 11) is 0. The third kappa shape index (κ3) is 4.07. The van der Waals surface area contributed by atoms with E-state index in [0.717, 1.165) is 26.2 Å². The van der Waals surface area contributed by atoms with Crippen LogP contribution in [0, 0.1) is 10.1 Å². The molecule has 1 fully saturated rings. The molecule has 1 aromatic rings. The van der Waals surface area contributed by atoms with Crippen molar-refractivity contribution in [2.45, 2.75) is 19.3 Å². The topological polar surface area (TPSA) is 96.5 Å². The highest BCUT2D eigenvalue weighted by Gasteiger charge is 2.11. The second kappa shape index (κ2) is 7.06. The Labute approximate surface area is 118 Å². The Bertz CT molecular complexity index is 460. The third-order valence-corrected chi connectivity index (χ3v) is 3.50. The molecule has 0 unspecified atom stereocenters. The molecule has 0 saturated carbocycles. The quantitative estimate of drug-likeness (QED) is 0.417. The van der Waals surface area contributed by atoms with Crippen LogP contribution in [-0.4, -0.2) is 36.0 Å². The van der Waals surface area contributed by atoms with Crippen molar-refractivity contribution < 1.29 is 4.92 Å². The van der Waals surface area contributed by atoms with E-state index in [9.17, 15) is 10.1 Å². The van der Waals surface area contributed by atoms with Crippen LogP contribution in [0.3, 0.4) is 0 Å². The monoisotopic (exact) mass is 279 g/mol. The Morgan fingerprint density at radius 2 is 1.90 bits per heavy atom. The zero-order valence-electron chi connectivity index (χ0n) is 11.5. The number of nitrogens with one attached hydrogen (secondary N) is 2. The summed E-state index contributed by atoms with van der Waals surface area (Å²) in [6, 6.07) is 4.70. The van der Waals surface area contributed by atoms with Crippen LogP contribution in [0.5, 0.6) is 0 Å². The van der Waals surface area contributed by atoms with Crippen molar-refractivity contribution in [3.8, 4) is 0 Å². The molecule has 0 aromatic heterocycles. The van der Waals surface area contributed by atoms with Gasteiger partial charge in [0.15, 0.2) is 0 Å². The molecule has 2 rings (SSSR count). The number of nitrogen functional groups attached to an aromatic ring is 1. The van der Waals surface area contributed by atoms with Gasteiger partial charge >= 0.3 is 0 Å². The summed E-state index contributed by atoms with van der Waals surface area (Å²) in [6.07, 6.45) is 3.84. The number of nitrogens with zero attached hydrogens (tertiary/aromatic N) is 2. The molecular weight excluding hydrogens is 258 g/mol. The fourth-order valence-corrected chi connectivity index (χ4v) is 2.44. The van der Waals surface area contributed by atoms with Crippen molar-refractivity contribution in [3.63, 3.8) is 0 Å². The Morgan fingerprint density at radius 1 is 1.20 bits per heavy atom. The van der Waals surface area contributed by atoms with E-state index >= 15 is 0 Å². The molecule has 110 valence electrons. The van der Waals surface area contributed by atoms with Crippen molar-refractivity contribution in [3.05, 3.63) is 28.3 Å². The Hall–Kier alpha value is -1.86. The van der Waals surface area contributed by atoms with E-state index in [-0.39, 0.29) is 5.69 Å². The van der Waals surface area contributed by atoms with Crippen LogP contribution in [0.1, 0.15) is 19.3 Å². The number of hydrogen-bond acceptors (Lipinski definition) is 6. The molecule has 0 atom stereocenters. The molecular formula is C13H21N5O2. The van der Waals surface area contributed by atoms with E-state index in [1.54, 1.807) is 6.07 Å². The fraction of sp³-hybridized carbons (Fsp3) is 0.538. The molecule has 1 aliphatic heterocycles. The molecule has 1 aromatic carbocycles. The summed E-state index contributed by atoms with van der Waals surface area (Å²) in [5, 5.41) is 14.1. The largest absolute Gasteiger partial charge is 0.383 e. The van der Waals surface area contributed by atoms with Crippen LogP contribution in [0.25, 0.3) is 0 Å². The van der Waals surface area contributed by atoms with Crippen molar-refractivity contribution in [1.82, 2.24) is 4.90 Å². The highest BCUT2D eigenvalue weighted by Crippen LogP contribution is 2.23. The zero-order valence-corrected chi connectivity index (χ0v) is 11.5. The van der Waals surface area contributed by atoms with E-state index < -0.39 is 4.92 Å². The summed E-state index contributed by atoms with van der Waals surface area (Å²) in [5.41, 5.74) is 3.72. The molecule has 0 bridgehead atoms. The van der Waals surface area contributed by atoms with E-state index in [1.807, 2.05) is 0 Å². The molecule has 1 saturated heterocycles. The molecule has 0 radical (unpaired) electrons. The average Bonchev–Trinajstić information content (AvgIpc) is 2.48. The molecule has 20 heavy (non-hydrogen) atoms. The Kier molecular flexibility index (Phi) is 5.14. The number of hydrazine groups is 1. The minimum Gasteiger partial charge on any atom is -0.383 e. The van der Waals surface area contributed by atoms with Gasteiger partial charge in [-0.25, -0.2) is 0 Å². The zero-order chi connectivity index (χ0) is 14.4. The standard InChI is InChI=1S/C13H21N5O2/c14-16-12-8-11(9-13(10-12)18(19)20)15-4-7-17-5-2-1-3-6-17/h8-10,15-16H,1-7,14H2. The van der Waals surface area contributed by atoms with E-state index in [1.165, 1.54) is 31.4 Å². The minimum absolute atomic E-state index is 0.0286. The first-order valence-electron chi connectivity index (χ1n) is 6.91. The lowest BCUT2D eigenvalue weighted by Gasteiger charge is -2.26. The lowest BCUT2D eigenvalue weighted by molar-refractivity contribution is -0.384. The van der Waals surface area contributed by atoms with Crippen LogP contribution in [0.15, 0.2) is 18.2 Å². The first-order chi connectivity index (χ1) is 9.69. The van der Waals surface area contributed by atoms with Gasteiger partial charge in [-0.05, 0) is 32.0 Å². The van der Waals surface area contributed by atoms with Gasteiger partial charge in [-0.15, -0.1) is 0 Å². The maximum Gasteiger partial charge on any atom is 0.273 e. The number of nitro benzene ring substituents is 1. The summed E-state index contributed by atoms with van der Waals surface area (Å²) in [6.45, 7) is 4.01. The van der Waals surface area contributed by atoms with Gasteiger partial charge in [0.25, 0.3) is 5.69 Å². The van der Waals surface area contributed by atoms with Crippen LogP contribution in [0.2, 0.25) is 0 Å². The highest BCUT2D eigenvalue weighted by molar-refractivity contribution is 5.63. The van der Waals surface area contributed by atoms with Gasteiger partial charge in [-0.3, -0.25) is 16.0 Å². The second-order valence-electron chi connectivity index (χ2n) is 5.00. The molecule has 1 heterocycles. The normalized spacial score (nSPS) is 15.8. The maximum atomic E-state index is 10.8. The summed E-state index contributed by atoms with van der Waals surface area (Å²) >= 11 is 0. The highest BCUT2D eigenvalue weighted by atomic mass is 16.6. The minimum atomic E-state index is -0.420. The number of likely N-dealkylation sites (tertiary alicyclic amines) is 1. The van der Waals surface area contributed by atoms with Crippen LogP contribution < -0.4 is 16.6 Å². The van der Waals surface area contributed by atoms with Crippen LogP contribution >= 0.6 is 0 Å². The number of rotatable bonds is 6. The van der Waals surface area contributed by atoms with Gasteiger partial charge in [-0.2, -0.15) is 0 Å². The Balaban J connectivity index is 1.91. The number of nitrogens with two attached hydrogens (primary N) is 1. The molecule has 0 amide bonds. The van der Waals surface area contributed by atoms with Crippen molar-refractivity contribution >= 4 is 17.1 Å². The number of non-ortho nitro benzene ring substituents is 1. The maximum absolute atomic E-state index is 10.8. The lowest BCUT2D eigenvalue weighted by Crippen LogP contribution is -2.33. The van der Waals surface area contributed by atoms with Gasteiger partial charge < -0.3 is 15.6 Å². The van der Waals surface area contributed by atoms with Gasteiger partial charge in [-0.1, -0.05) is 6.42 Å². The summed E-state index contributed by atoms with van der Waals surface area (Å²) < 4.78 is 0. The summed E-state index contributed by atoms with van der Waals surface area (Å²) in [4.78, 5) is 12.8. The Morgan fingerprint density at radius 3 is 2.55 bits per heavy atom.